The number of carbonyl (C=O) groups excluding carboxylic acids is 1. The van der Waals surface area contributed by atoms with Crippen LogP contribution in [0.1, 0.15) is 46.8 Å². The predicted octanol–water partition coefficient (Wildman–Crippen LogP) is 2.94. The summed E-state index contributed by atoms with van der Waals surface area (Å²) >= 11 is 0. The quantitative estimate of drug-likeness (QED) is 0.834. The molecule has 2 aromatic rings. The van der Waals surface area contributed by atoms with E-state index in [-0.39, 0.29) is 12.3 Å². The van der Waals surface area contributed by atoms with Crippen molar-refractivity contribution >= 4 is 17.7 Å². The SMILES string of the molecule is Cc1ccccc1[C@H](CC(=O)O)NC(=O)c1ccc(N2CCCC2)nc1. The van der Waals surface area contributed by atoms with Crippen LogP contribution < -0.4 is 10.2 Å². The maximum absolute atomic E-state index is 12.6. The molecule has 0 unspecified atom stereocenters. The van der Waals surface area contributed by atoms with Crippen molar-refractivity contribution in [2.75, 3.05) is 18.0 Å². The second-order valence-electron chi connectivity index (χ2n) is 6.58. The van der Waals surface area contributed by atoms with E-state index in [1.165, 1.54) is 0 Å². The molecule has 136 valence electrons. The Kier molecular flexibility index (Phi) is 5.51. The van der Waals surface area contributed by atoms with Gasteiger partial charge in [0.2, 0.25) is 0 Å². The fraction of sp³-hybridized carbons (Fsp3) is 0.350. The number of aryl methyl sites for hydroxylation is 1. The van der Waals surface area contributed by atoms with Gasteiger partial charge in [-0.05, 0) is 43.0 Å². The number of rotatable bonds is 6. The van der Waals surface area contributed by atoms with Gasteiger partial charge in [0.25, 0.3) is 5.91 Å². The average Bonchev–Trinajstić information content (AvgIpc) is 3.16. The Labute approximate surface area is 152 Å². The molecular formula is C20H23N3O3. The van der Waals surface area contributed by atoms with Crippen LogP contribution in [0.3, 0.4) is 0 Å². The van der Waals surface area contributed by atoms with Crippen LogP contribution in [0.4, 0.5) is 5.82 Å². The lowest BCUT2D eigenvalue weighted by Crippen LogP contribution is -2.31. The summed E-state index contributed by atoms with van der Waals surface area (Å²) in [5.41, 5.74) is 2.18. The van der Waals surface area contributed by atoms with Crippen molar-refractivity contribution in [1.82, 2.24) is 10.3 Å². The number of amides is 1. The van der Waals surface area contributed by atoms with Crippen molar-refractivity contribution in [2.24, 2.45) is 0 Å². The molecule has 1 fully saturated rings. The summed E-state index contributed by atoms with van der Waals surface area (Å²) in [6.07, 6.45) is 3.71. The highest BCUT2D eigenvalue weighted by Gasteiger charge is 2.21. The molecule has 1 atom stereocenters. The number of carboxylic acids is 1. The third kappa shape index (κ3) is 4.20. The smallest absolute Gasteiger partial charge is 0.305 e. The normalized spacial score (nSPS) is 14.9. The molecule has 3 rings (SSSR count). The molecule has 26 heavy (non-hydrogen) atoms. The summed E-state index contributed by atoms with van der Waals surface area (Å²) in [5, 5.41) is 12.0. The van der Waals surface area contributed by atoms with Crippen molar-refractivity contribution in [3.8, 4) is 0 Å². The molecule has 2 heterocycles. The largest absolute Gasteiger partial charge is 0.481 e. The minimum Gasteiger partial charge on any atom is -0.481 e. The van der Waals surface area contributed by atoms with Gasteiger partial charge >= 0.3 is 5.97 Å². The van der Waals surface area contributed by atoms with Crippen LogP contribution in [0, 0.1) is 6.92 Å². The molecule has 0 spiro atoms. The molecule has 2 N–H and O–H groups in total. The van der Waals surface area contributed by atoms with E-state index in [1.807, 2.05) is 37.3 Å². The van der Waals surface area contributed by atoms with Gasteiger partial charge in [0.05, 0.1) is 18.0 Å². The van der Waals surface area contributed by atoms with E-state index in [9.17, 15) is 14.7 Å². The topological polar surface area (TPSA) is 82.5 Å². The van der Waals surface area contributed by atoms with Gasteiger partial charge in [-0.1, -0.05) is 24.3 Å². The van der Waals surface area contributed by atoms with E-state index >= 15 is 0 Å². The zero-order valence-corrected chi connectivity index (χ0v) is 14.8. The summed E-state index contributed by atoms with van der Waals surface area (Å²) in [6, 6.07) is 10.5. The molecule has 0 radical (unpaired) electrons. The van der Waals surface area contributed by atoms with Crippen molar-refractivity contribution < 1.29 is 14.7 Å². The number of carbonyl (C=O) groups is 2. The van der Waals surface area contributed by atoms with Gasteiger partial charge in [0.15, 0.2) is 0 Å². The summed E-state index contributed by atoms with van der Waals surface area (Å²) in [7, 11) is 0. The van der Waals surface area contributed by atoms with Crippen LogP contribution >= 0.6 is 0 Å². The third-order valence-electron chi connectivity index (χ3n) is 4.69. The molecule has 1 aromatic heterocycles. The van der Waals surface area contributed by atoms with E-state index in [2.05, 4.69) is 15.2 Å². The van der Waals surface area contributed by atoms with Gasteiger partial charge in [-0.15, -0.1) is 0 Å². The maximum Gasteiger partial charge on any atom is 0.305 e. The molecule has 0 aliphatic carbocycles. The van der Waals surface area contributed by atoms with Crippen molar-refractivity contribution in [1.29, 1.82) is 0 Å². The molecule has 6 heteroatoms. The first-order valence-electron chi connectivity index (χ1n) is 8.84. The Morgan fingerprint density at radius 2 is 1.92 bits per heavy atom. The Balaban J connectivity index is 1.75. The van der Waals surface area contributed by atoms with Gasteiger partial charge < -0.3 is 15.3 Å². The lowest BCUT2D eigenvalue weighted by atomic mass is 9.98. The Bertz CT molecular complexity index is 783. The summed E-state index contributed by atoms with van der Waals surface area (Å²) in [6.45, 7) is 3.89. The Morgan fingerprint density at radius 3 is 2.54 bits per heavy atom. The van der Waals surface area contributed by atoms with Crippen LogP contribution in [0.15, 0.2) is 42.6 Å². The Morgan fingerprint density at radius 1 is 1.19 bits per heavy atom. The number of nitrogens with zero attached hydrogens (tertiary/aromatic N) is 2. The molecule has 1 amide bonds. The molecule has 0 bridgehead atoms. The first-order valence-corrected chi connectivity index (χ1v) is 8.84. The minimum atomic E-state index is -0.957. The van der Waals surface area contributed by atoms with Crippen molar-refractivity contribution in [3.63, 3.8) is 0 Å². The lowest BCUT2D eigenvalue weighted by molar-refractivity contribution is -0.137. The number of aliphatic carboxylic acids is 1. The summed E-state index contributed by atoms with van der Waals surface area (Å²) in [4.78, 5) is 30.4. The average molecular weight is 353 g/mol. The number of aromatic nitrogens is 1. The van der Waals surface area contributed by atoms with E-state index in [0.29, 0.717) is 5.56 Å². The number of anilines is 1. The van der Waals surface area contributed by atoms with Crippen molar-refractivity contribution in [3.05, 3.63) is 59.3 Å². The van der Waals surface area contributed by atoms with Gasteiger partial charge in [0, 0.05) is 19.3 Å². The highest BCUT2D eigenvalue weighted by Crippen LogP contribution is 2.22. The zero-order chi connectivity index (χ0) is 18.5. The van der Waals surface area contributed by atoms with E-state index in [4.69, 9.17) is 0 Å². The van der Waals surface area contributed by atoms with Crippen LogP contribution in [-0.4, -0.2) is 35.1 Å². The van der Waals surface area contributed by atoms with Gasteiger partial charge in [-0.2, -0.15) is 0 Å². The predicted molar refractivity (Wildman–Crippen MR) is 99.3 cm³/mol. The van der Waals surface area contributed by atoms with Gasteiger partial charge in [0.1, 0.15) is 5.82 Å². The van der Waals surface area contributed by atoms with Crippen LogP contribution in [0.5, 0.6) is 0 Å². The molecule has 1 aliphatic heterocycles. The number of hydrogen-bond donors (Lipinski definition) is 2. The molecule has 1 aliphatic rings. The van der Waals surface area contributed by atoms with Crippen molar-refractivity contribution in [2.45, 2.75) is 32.2 Å². The standard InChI is InChI=1S/C20H23N3O3/c1-14-6-2-3-7-16(14)17(12-19(24)25)22-20(26)15-8-9-18(21-13-15)23-10-4-5-11-23/h2-3,6-9,13,17H,4-5,10-12H2,1H3,(H,22,26)(H,24,25)/t17-/m0/s1. The molecular weight excluding hydrogens is 330 g/mol. The van der Waals surface area contributed by atoms with Gasteiger partial charge in [-0.3, -0.25) is 9.59 Å². The van der Waals surface area contributed by atoms with E-state index < -0.39 is 12.0 Å². The fourth-order valence-electron chi connectivity index (χ4n) is 3.29. The molecule has 0 saturated carbocycles. The molecule has 1 aromatic carbocycles. The number of nitrogens with one attached hydrogen (secondary N) is 1. The van der Waals surface area contributed by atoms with Crippen LogP contribution in [-0.2, 0) is 4.79 Å². The second-order valence-corrected chi connectivity index (χ2v) is 6.58. The third-order valence-corrected chi connectivity index (χ3v) is 4.69. The molecule has 6 nitrogen and oxygen atoms in total. The monoisotopic (exact) mass is 353 g/mol. The van der Waals surface area contributed by atoms with E-state index in [0.717, 1.165) is 42.9 Å². The van der Waals surface area contributed by atoms with E-state index in [1.54, 1.807) is 12.3 Å². The first kappa shape index (κ1) is 17.9. The summed E-state index contributed by atoms with van der Waals surface area (Å²) < 4.78 is 0. The van der Waals surface area contributed by atoms with Crippen LogP contribution in [0.2, 0.25) is 0 Å². The highest BCUT2D eigenvalue weighted by atomic mass is 16.4. The maximum atomic E-state index is 12.6. The lowest BCUT2D eigenvalue weighted by Gasteiger charge is -2.20. The van der Waals surface area contributed by atoms with Gasteiger partial charge in [-0.25, -0.2) is 4.98 Å². The number of benzene rings is 1. The van der Waals surface area contributed by atoms with Crippen LogP contribution in [0.25, 0.3) is 0 Å². The number of pyridine rings is 1. The minimum absolute atomic E-state index is 0.171. The zero-order valence-electron chi connectivity index (χ0n) is 14.8. The fourth-order valence-corrected chi connectivity index (χ4v) is 3.29. The highest BCUT2D eigenvalue weighted by molar-refractivity contribution is 5.94. The number of hydrogen-bond acceptors (Lipinski definition) is 4. The first-order chi connectivity index (χ1) is 12.5. The molecule has 1 saturated heterocycles. The second kappa shape index (κ2) is 7.99. The summed E-state index contributed by atoms with van der Waals surface area (Å²) in [5.74, 6) is -0.402. The Hall–Kier alpha value is -2.89. The number of carboxylic acid groups (broad SMARTS) is 1.